The fourth-order valence-corrected chi connectivity index (χ4v) is 3.60. The molecule has 0 aliphatic rings. The molecule has 36 heavy (non-hydrogen) atoms. The standard InChI is InChI=1S/C24H23F6N3O3/c25-23(26,27)17-9-7-15(8-10-17)22-32-13-20(24(28,29)30)33(22)14-16-4-1-2-6-19(16)36-11-3-5-18(31)12-21(34)35/h1-2,4,6-10,13,18H,3,5,11-12,14,31H2,(H,34,35)/t18-/m1/s1. The lowest BCUT2D eigenvalue weighted by Gasteiger charge is -2.17. The van der Waals surface area contributed by atoms with Crippen molar-refractivity contribution >= 4 is 5.97 Å². The van der Waals surface area contributed by atoms with Gasteiger partial charge in [0.2, 0.25) is 0 Å². The van der Waals surface area contributed by atoms with Crippen LogP contribution in [0.4, 0.5) is 26.3 Å². The van der Waals surface area contributed by atoms with Crippen LogP contribution in [-0.2, 0) is 23.7 Å². The molecule has 1 aromatic heterocycles. The molecule has 3 rings (SSSR count). The Hall–Kier alpha value is -3.54. The molecule has 0 aliphatic carbocycles. The van der Waals surface area contributed by atoms with E-state index in [2.05, 4.69) is 4.98 Å². The van der Waals surface area contributed by atoms with Gasteiger partial charge < -0.3 is 20.1 Å². The van der Waals surface area contributed by atoms with Gasteiger partial charge in [0.1, 0.15) is 17.3 Å². The van der Waals surface area contributed by atoms with E-state index in [-0.39, 0.29) is 31.0 Å². The van der Waals surface area contributed by atoms with Crippen LogP contribution in [0.5, 0.6) is 5.75 Å². The molecule has 3 N–H and O–H groups in total. The zero-order valence-electron chi connectivity index (χ0n) is 18.8. The lowest BCUT2D eigenvalue weighted by Crippen LogP contribution is -2.24. The van der Waals surface area contributed by atoms with Gasteiger partial charge in [0, 0.05) is 17.2 Å². The van der Waals surface area contributed by atoms with Crippen LogP contribution in [0.3, 0.4) is 0 Å². The third kappa shape index (κ3) is 7.00. The van der Waals surface area contributed by atoms with E-state index in [1.807, 2.05) is 0 Å². The number of nitrogens with zero attached hydrogens (tertiary/aromatic N) is 2. The van der Waals surface area contributed by atoms with Gasteiger partial charge in [-0.3, -0.25) is 4.79 Å². The highest BCUT2D eigenvalue weighted by atomic mass is 19.4. The fourth-order valence-electron chi connectivity index (χ4n) is 3.60. The molecule has 2 aromatic carbocycles. The Kier molecular flexibility index (Phi) is 8.28. The Morgan fingerprint density at radius 1 is 1.03 bits per heavy atom. The second-order valence-electron chi connectivity index (χ2n) is 8.08. The number of benzene rings is 2. The smallest absolute Gasteiger partial charge is 0.433 e. The van der Waals surface area contributed by atoms with Crippen LogP contribution in [0.25, 0.3) is 11.4 Å². The van der Waals surface area contributed by atoms with E-state index >= 15 is 0 Å². The second kappa shape index (κ2) is 11.0. The van der Waals surface area contributed by atoms with Gasteiger partial charge in [-0.15, -0.1) is 0 Å². The summed E-state index contributed by atoms with van der Waals surface area (Å²) in [5.41, 5.74) is 4.21. The first-order valence-corrected chi connectivity index (χ1v) is 10.8. The van der Waals surface area contributed by atoms with Gasteiger partial charge in [-0.1, -0.05) is 30.3 Å². The molecule has 0 bridgehead atoms. The quantitative estimate of drug-likeness (QED) is 0.271. The number of carboxylic acids is 1. The van der Waals surface area contributed by atoms with E-state index in [1.165, 1.54) is 0 Å². The van der Waals surface area contributed by atoms with Gasteiger partial charge in [0.05, 0.1) is 31.3 Å². The highest BCUT2D eigenvalue weighted by Crippen LogP contribution is 2.35. The summed E-state index contributed by atoms with van der Waals surface area (Å²) in [6.45, 7) is -0.147. The Bertz CT molecular complexity index is 1170. The molecule has 0 fully saturated rings. The van der Waals surface area contributed by atoms with Crippen molar-refractivity contribution in [2.45, 2.75) is 44.2 Å². The zero-order valence-corrected chi connectivity index (χ0v) is 18.8. The van der Waals surface area contributed by atoms with Gasteiger partial charge in [0.25, 0.3) is 0 Å². The number of halogens is 6. The minimum atomic E-state index is -4.76. The number of rotatable bonds is 10. The predicted octanol–water partition coefficient (Wildman–Crippen LogP) is 5.60. The number of nitrogens with two attached hydrogens (primary N) is 1. The summed E-state index contributed by atoms with van der Waals surface area (Å²) >= 11 is 0. The first-order chi connectivity index (χ1) is 16.9. The van der Waals surface area contributed by atoms with Crippen molar-refractivity contribution in [3.63, 3.8) is 0 Å². The Balaban J connectivity index is 1.85. The van der Waals surface area contributed by atoms with E-state index in [0.717, 1.165) is 28.8 Å². The molecule has 12 heteroatoms. The van der Waals surface area contributed by atoms with Crippen LogP contribution in [-0.4, -0.2) is 33.3 Å². The number of hydrogen-bond acceptors (Lipinski definition) is 4. The van der Waals surface area contributed by atoms with Gasteiger partial charge in [-0.2, -0.15) is 26.3 Å². The number of carbonyl (C=O) groups is 1. The summed E-state index contributed by atoms with van der Waals surface area (Å²) in [5.74, 6) is -0.853. The van der Waals surface area contributed by atoms with Crippen molar-refractivity contribution in [3.8, 4) is 17.1 Å². The number of hydrogen-bond donors (Lipinski definition) is 2. The van der Waals surface area contributed by atoms with Gasteiger partial charge in [-0.05, 0) is 31.0 Å². The predicted molar refractivity (Wildman–Crippen MR) is 118 cm³/mol. The lowest BCUT2D eigenvalue weighted by molar-refractivity contribution is -0.143. The summed E-state index contributed by atoms with van der Waals surface area (Å²) in [4.78, 5) is 14.5. The second-order valence-corrected chi connectivity index (χ2v) is 8.08. The van der Waals surface area contributed by atoms with Crippen LogP contribution in [0.15, 0.2) is 54.7 Å². The molecule has 0 amide bonds. The average molecular weight is 515 g/mol. The summed E-state index contributed by atoms with van der Waals surface area (Å²) in [5, 5.41) is 8.76. The summed E-state index contributed by atoms with van der Waals surface area (Å²) in [6.07, 6.45) is -8.08. The van der Waals surface area contributed by atoms with E-state index in [9.17, 15) is 31.1 Å². The van der Waals surface area contributed by atoms with E-state index < -0.39 is 35.6 Å². The van der Waals surface area contributed by atoms with Gasteiger partial charge in [-0.25, -0.2) is 4.98 Å². The normalized spacial score (nSPS) is 13.0. The largest absolute Gasteiger partial charge is 0.493 e. The van der Waals surface area contributed by atoms with Gasteiger partial charge in [0.15, 0.2) is 0 Å². The van der Waals surface area contributed by atoms with Crippen molar-refractivity contribution in [1.82, 2.24) is 9.55 Å². The molecule has 0 radical (unpaired) electrons. The first-order valence-electron chi connectivity index (χ1n) is 10.8. The van der Waals surface area contributed by atoms with Crippen LogP contribution >= 0.6 is 0 Å². The van der Waals surface area contributed by atoms with E-state index in [4.69, 9.17) is 15.6 Å². The van der Waals surface area contributed by atoms with E-state index in [0.29, 0.717) is 30.4 Å². The number of aliphatic carboxylic acids is 1. The number of ether oxygens (including phenoxy) is 1. The summed E-state index contributed by atoms with van der Waals surface area (Å²) in [6, 6.07) is 9.58. The fraction of sp³-hybridized carbons (Fsp3) is 0.333. The topological polar surface area (TPSA) is 90.4 Å². The van der Waals surface area contributed by atoms with Crippen molar-refractivity contribution in [2.75, 3.05) is 6.61 Å². The average Bonchev–Trinajstić information content (AvgIpc) is 3.21. The number of aromatic nitrogens is 2. The summed E-state index contributed by atoms with van der Waals surface area (Å²) in [7, 11) is 0. The molecule has 194 valence electrons. The van der Waals surface area contributed by atoms with Crippen LogP contribution in [0.1, 0.15) is 36.1 Å². The van der Waals surface area contributed by atoms with Crippen molar-refractivity contribution in [2.24, 2.45) is 5.73 Å². The van der Waals surface area contributed by atoms with Crippen LogP contribution < -0.4 is 10.5 Å². The monoisotopic (exact) mass is 515 g/mol. The first kappa shape index (κ1) is 27.1. The van der Waals surface area contributed by atoms with Crippen molar-refractivity contribution in [3.05, 3.63) is 71.5 Å². The highest BCUT2D eigenvalue weighted by Gasteiger charge is 2.36. The molecule has 0 unspecified atom stereocenters. The van der Waals surface area contributed by atoms with Gasteiger partial charge >= 0.3 is 18.3 Å². The van der Waals surface area contributed by atoms with Crippen LogP contribution in [0, 0.1) is 0 Å². The Morgan fingerprint density at radius 3 is 2.31 bits per heavy atom. The zero-order chi connectivity index (χ0) is 26.5. The lowest BCUT2D eigenvalue weighted by atomic mass is 10.1. The molecule has 1 atom stereocenters. The third-order valence-electron chi connectivity index (χ3n) is 5.33. The number of alkyl halides is 6. The minimum absolute atomic E-state index is 0.0873. The molecular weight excluding hydrogens is 492 g/mol. The molecule has 0 spiro atoms. The maximum atomic E-state index is 13.7. The van der Waals surface area contributed by atoms with Crippen molar-refractivity contribution in [1.29, 1.82) is 0 Å². The molecule has 0 aliphatic heterocycles. The molecular formula is C24H23F6N3O3. The number of para-hydroxylation sites is 1. The Labute approximate surface area is 202 Å². The molecule has 1 heterocycles. The number of imidazole rings is 1. The van der Waals surface area contributed by atoms with Crippen LogP contribution in [0.2, 0.25) is 0 Å². The van der Waals surface area contributed by atoms with Crippen molar-refractivity contribution < 1.29 is 41.0 Å². The molecule has 0 saturated carbocycles. The molecule has 6 nitrogen and oxygen atoms in total. The summed E-state index contributed by atoms with van der Waals surface area (Å²) < 4.78 is 86.5. The molecule has 3 aromatic rings. The third-order valence-corrected chi connectivity index (χ3v) is 5.33. The Morgan fingerprint density at radius 2 is 1.69 bits per heavy atom. The highest BCUT2D eigenvalue weighted by molar-refractivity contribution is 5.67. The maximum absolute atomic E-state index is 13.7. The minimum Gasteiger partial charge on any atom is -0.493 e. The maximum Gasteiger partial charge on any atom is 0.433 e. The molecule has 0 saturated heterocycles. The SMILES string of the molecule is N[C@H](CCCOc1ccccc1Cn1c(C(F)(F)F)cnc1-c1ccc(C(F)(F)F)cc1)CC(=O)O. The van der Waals surface area contributed by atoms with E-state index in [1.54, 1.807) is 24.3 Å². The number of carboxylic acid groups (broad SMARTS) is 1.